The zero-order chi connectivity index (χ0) is 18.0. The lowest BCUT2D eigenvalue weighted by Gasteiger charge is -2.38. The smallest absolute Gasteiger partial charge is 0.274 e. The van der Waals surface area contributed by atoms with Crippen LogP contribution in [-0.2, 0) is 11.3 Å². The highest BCUT2D eigenvalue weighted by Crippen LogP contribution is 2.40. The molecule has 0 saturated carbocycles. The van der Waals surface area contributed by atoms with Gasteiger partial charge in [0.2, 0.25) is 5.91 Å². The first-order chi connectivity index (χ1) is 12.7. The summed E-state index contributed by atoms with van der Waals surface area (Å²) in [7, 11) is 0. The number of rotatable bonds is 3. The third-order valence-corrected chi connectivity index (χ3v) is 5.37. The fraction of sp³-hybridized carbons (Fsp3) is 0.421. The van der Waals surface area contributed by atoms with Crippen molar-refractivity contribution in [2.24, 2.45) is 5.41 Å². The Hall–Kier alpha value is -2.83. The highest BCUT2D eigenvalue weighted by atomic mass is 16.2. The second kappa shape index (κ2) is 6.82. The lowest BCUT2D eigenvalue weighted by molar-refractivity contribution is -0.138. The molecule has 7 heteroatoms. The number of amides is 2. The van der Waals surface area contributed by atoms with Crippen LogP contribution in [0.1, 0.15) is 35.3 Å². The number of hydrogen-bond acceptors (Lipinski definition) is 5. The molecule has 1 spiro atoms. The maximum atomic E-state index is 13.1. The Balaban J connectivity index is 1.48. The van der Waals surface area contributed by atoms with Gasteiger partial charge in [-0.1, -0.05) is 0 Å². The summed E-state index contributed by atoms with van der Waals surface area (Å²) in [5, 5.41) is 0. The molecule has 4 rings (SSSR count). The van der Waals surface area contributed by atoms with Crippen molar-refractivity contribution in [1.29, 1.82) is 0 Å². The van der Waals surface area contributed by atoms with Crippen LogP contribution in [-0.4, -0.2) is 56.2 Å². The predicted octanol–water partition coefficient (Wildman–Crippen LogP) is 1.53. The second-order valence-corrected chi connectivity index (χ2v) is 7.03. The first-order valence-electron chi connectivity index (χ1n) is 8.92. The van der Waals surface area contributed by atoms with Gasteiger partial charge in [0.25, 0.3) is 5.91 Å². The van der Waals surface area contributed by atoms with Crippen molar-refractivity contribution in [3.8, 4) is 0 Å². The van der Waals surface area contributed by atoms with Crippen LogP contribution in [0.5, 0.6) is 0 Å². The van der Waals surface area contributed by atoms with Gasteiger partial charge in [0.1, 0.15) is 5.69 Å². The van der Waals surface area contributed by atoms with E-state index < -0.39 is 5.41 Å². The molecule has 4 heterocycles. The number of hydrogen-bond donors (Lipinski definition) is 0. The largest absolute Gasteiger partial charge is 0.338 e. The van der Waals surface area contributed by atoms with E-state index in [1.54, 1.807) is 23.5 Å². The monoisotopic (exact) mass is 351 g/mol. The Labute approximate surface area is 152 Å². The van der Waals surface area contributed by atoms with Crippen LogP contribution in [0.4, 0.5) is 0 Å². The van der Waals surface area contributed by atoms with Crippen LogP contribution < -0.4 is 0 Å². The molecular formula is C19H21N5O2. The first-order valence-corrected chi connectivity index (χ1v) is 8.92. The van der Waals surface area contributed by atoms with E-state index in [-0.39, 0.29) is 11.8 Å². The second-order valence-electron chi connectivity index (χ2n) is 7.03. The quantitative estimate of drug-likeness (QED) is 0.838. The summed E-state index contributed by atoms with van der Waals surface area (Å²) >= 11 is 0. The van der Waals surface area contributed by atoms with Gasteiger partial charge in [0, 0.05) is 51.0 Å². The Bertz CT molecular complexity index is 798. The SMILES string of the molecule is O=C(c1cnccn1)N1CCC[C@@]2(CCN(Cc3ccncc3)C2=O)C1. The summed E-state index contributed by atoms with van der Waals surface area (Å²) in [5.74, 6) is 0.0171. The number of nitrogens with zero attached hydrogens (tertiary/aromatic N) is 5. The van der Waals surface area contributed by atoms with Gasteiger partial charge >= 0.3 is 0 Å². The number of carbonyl (C=O) groups is 2. The van der Waals surface area contributed by atoms with Crippen LogP contribution in [0.25, 0.3) is 0 Å². The van der Waals surface area contributed by atoms with Crippen LogP contribution >= 0.6 is 0 Å². The molecule has 7 nitrogen and oxygen atoms in total. The van der Waals surface area contributed by atoms with Crippen molar-refractivity contribution in [1.82, 2.24) is 24.8 Å². The molecule has 0 aromatic carbocycles. The van der Waals surface area contributed by atoms with Gasteiger partial charge in [0.15, 0.2) is 0 Å². The van der Waals surface area contributed by atoms with Crippen molar-refractivity contribution in [3.63, 3.8) is 0 Å². The summed E-state index contributed by atoms with van der Waals surface area (Å²) in [6.45, 7) is 2.46. The highest BCUT2D eigenvalue weighted by Gasteiger charge is 2.49. The molecule has 0 radical (unpaired) electrons. The van der Waals surface area contributed by atoms with E-state index in [1.807, 2.05) is 17.0 Å². The van der Waals surface area contributed by atoms with E-state index >= 15 is 0 Å². The third-order valence-electron chi connectivity index (χ3n) is 5.37. The minimum Gasteiger partial charge on any atom is -0.338 e. The summed E-state index contributed by atoms with van der Waals surface area (Å²) < 4.78 is 0. The van der Waals surface area contributed by atoms with Gasteiger partial charge in [-0.2, -0.15) is 0 Å². The van der Waals surface area contributed by atoms with E-state index in [0.717, 1.165) is 31.4 Å². The van der Waals surface area contributed by atoms with Crippen molar-refractivity contribution in [2.45, 2.75) is 25.8 Å². The van der Waals surface area contributed by atoms with Gasteiger partial charge in [-0.15, -0.1) is 0 Å². The van der Waals surface area contributed by atoms with Crippen LogP contribution in [0, 0.1) is 5.41 Å². The minimum absolute atomic E-state index is 0.141. The average Bonchev–Trinajstić information content (AvgIpc) is 2.98. The Morgan fingerprint density at radius 1 is 1.08 bits per heavy atom. The predicted molar refractivity (Wildman–Crippen MR) is 93.9 cm³/mol. The topological polar surface area (TPSA) is 79.3 Å². The zero-order valence-electron chi connectivity index (χ0n) is 14.5. The molecule has 0 unspecified atom stereocenters. The molecular weight excluding hydrogens is 330 g/mol. The molecule has 0 N–H and O–H groups in total. The normalized spacial score (nSPS) is 22.8. The summed E-state index contributed by atoms with van der Waals surface area (Å²) in [6.07, 6.45) is 10.5. The van der Waals surface area contributed by atoms with E-state index in [9.17, 15) is 9.59 Å². The van der Waals surface area contributed by atoms with Gasteiger partial charge in [-0.25, -0.2) is 4.98 Å². The number of aromatic nitrogens is 3. The number of pyridine rings is 1. The van der Waals surface area contributed by atoms with Gasteiger partial charge in [-0.3, -0.25) is 19.6 Å². The van der Waals surface area contributed by atoms with Gasteiger partial charge < -0.3 is 9.80 Å². The minimum atomic E-state index is -0.455. The molecule has 2 fully saturated rings. The standard InChI is InChI=1S/C19H21N5O2/c25-17(16-12-21-8-9-22-16)24-10-1-4-19(14-24)5-11-23(18(19)26)13-15-2-6-20-7-3-15/h2-3,6-9,12H,1,4-5,10-11,13-14H2/t19-/m1/s1. The molecule has 2 aliphatic rings. The van der Waals surface area contributed by atoms with E-state index in [0.29, 0.717) is 25.3 Å². The van der Waals surface area contributed by atoms with Gasteiger partial charge in [0.05, 0.1) is 11.6 Å². The maximum Gasteiger partial charge on any atom is 0.274 e. The fourth-order valence-corrected chi connectivity index (χ4v) is 4.01. The van der Waals surface area contributed by atoms with Crippen molar-refractivity contribution < 1.29 is 9.59 Å². The third kappa shape index (κ3) is 3.05. The van der Waals surface area contributed by atoms with Crippen LogP contribution in [0.2, 0.25) is 0 Å². The molecule has 26 heavy (non-hydrogen) atoms. The molecule has 2 aliphatic heterocycles. The zero-order valence-corrected chi connectivity index (χ0v) is 14.5. The van der Waals surface area contributed by atoms with E-state index in [4.69, 9.17) is 0 Å². The molecule has 2 saturated heterocycles. The molecule has 0 aliphatic carbocycles. The Kier molecular flexibility index (Phi) is 4.36. The van der Waals surface area contributed by atoms with Crippen molar-refractivity contribution in [3.05, 3.63) is 54.4 Å². The molecule has 1 atom stereocenters. The van der Waals surface area contributed by atoms with Gasteiger partial charge in [-0.05, 0) is 37.0 Å². The van der Waals surface area contributed by atoms with E-state index in [2.05, 4.69) is 15.0 Å². The van der Waals surface area contributed by atoms with Crippen LogP contribution in [0.15, 0.2) is 43.1 Å². The maximum absolute atomic E-state index is 13.1. The molecule has 2 aromatic heterocycles. The van der Waals surface area contributed by atoms with Crippen molar-refractivity contribution >= 4 is 11.8 Å². The lowest BCUT2D eigenvalue weighted by atomic mass is 9.78. The average molecular weight is 351 g/mol. The number of likely N-dealkylation sites (tertiary alicyclic amines) is 2. The number of piperidine rings is 1. The Morgan fingerprint density at radius 2 is 1.92 bits per heavy atom. The summed E-state index contributed by atoms with van der Waals surface area (Å²) in [4.78, 5) is 41.6. The summed E-state index contributed by atoms with van der Waals surface area (Å²) in [6, 6.07) is 3.87. The summed E-state index contributed by atoms with van der Waals surface area (Å²) in [5.41, 5.74) is 0.959. The number of carbonyl (C=O) groups excluding carboxylic acids is 2. The first kappa shape index (κ1) is 16.6. The highest BCUT2D eigenvalue weighted by molar-refractivity contribution is 5.93. The molecule has 0 bridgehead atoms. The fourth-order valence-electron chi connectivity index (χ4n) is 4.01. The van der Waals surface area contributed by atoms with Crippen LogP contribution in [0.3, 0.4) is 0 Å². The van der Waals surface area contributed by atoms with E-state index in [1.165, 1.54) is 12.4 Å². The lowest BCUT2D eigenvalue weighted by Crippen LogP contribution is -2.49. The molecule has 2 amide bonds. The molecule has 134 valence electrons. The molecule has 2 aromatic rings. The van der Waals surface area contributed by atoms with Crippen molar-refractivity contribution in [2.75, 3.05) is 19.6 Å². The Morgan fingerprint density at radius 3 is 2.69 bits per heavy atom.